The summed E-state index contributed by atoms with van der Waals surface area (Å²) in [5, 5.41) is 19.6. The average molecular weight is 300 g/mol. The third-order valence-corrected chi connectivity index (χ3v) is 3.54. The SMILES string of the molecule is Cc1c(-c2cc3ccc(C(=O)O)cc3o2)oc(=O)c(C)c1O. The average Bonchev–Trinajstić information content (AvgIpc) is 2.91. The van der Waals surface area contributed by atoms with Crippen LogP contribution in [-0.2, 0) is 0 Å². The van der Waals surface area contributed by atoms with E-state index in [0.29, 0.717) is 16.5 Å². The van der Waals surface area contributed by atoms with E-state index in [9.17, 15) is 14.7 Å². The highest BCUT2D eigenvalue weighted by Crippen LogP contribution is 2.33. The summed E-state index contributed by atoms with van der Waals surface area (Å²) < 4.78 is 10.8. The number of carboxylic acid groups (broad SMARTS) is 1. The van der Waals surface area contributed by atoms with Crippen LogP contribution in [0, 0.1) is 13.8 Å². The Morgan fingerprint density at radius 3 is 2.50 bits per heavy atom. The van der Waals surface area contributed by atoms with Crippen molar-refractivity contribution < 1.29 is 23.8 Å². The van der Waals surface area contributed by atoms with Crippen LogP contribution in [0.2, 0.25) is 0 Å². The molecule has 0 radical (unpaired) electrons. The van der Waals surface area contributed by atoms with Crippen molar-refractivity contribution in [1.82, 2.24) is 0 Å². The fourth-order valence-corrected chi connectivity index (χ4v) is 2.24. The lowest BCUT2D eigenvalue weighted by Gasteiger charge is -2.05. The van der Waals surface area contributed by atoms with E-state index in [1.807, 2.05) is 0 Å². The van der Waals surface area contributed by atoms with Gasteiger partial charge in [0.05, 0.1) is 11.1 Å². The molecule has 0 unspecified atom stereocenters. The molecule has 0 bridgehead atoms. The molecule has 0 fully saturated rings. The lowest BCUT2D eigenvalue weighted by Crippen LogP contribution is -2.05. The zero-order chi connectivity index (χ0) is 16.0. The maximum absolute atomic E-state index is 11.7. The molecule has 0 aliphatic rings. The van der Waals surface area contributed by atoms with Crippen molar-refractivity contribution in [1.29, 1.82) is 0 Å². The quantitative estimate of drug-likeness (QED) is 0.754. The lowest BCUT2D eigenvalue weighted by atomic mass is 10.1. The van der Waals surface area contributed by atoms with E-state index < -0.39 is 11.6 Å². The zero-order valence-electron chi connectivity index (χ0n) is 11.8. The maximum Gasteiger partial charge on any atom is 0.343 e. The summed E-state index contributed by atoms with van der Waals surface area (Å²) in [5.41, 5.74) is 0.320. The van der Waals surface area contributed by atoms with Gasteiger partial charge in [0.1, 0.15) is 11.3 Å². The van der Waals surface area contributed by atoms with E-state index in [-0.39, 0.29) is 28.4 Å². The predicted octanol–water partition coefficient (Wildman–Crippen LogP) is 3.07. The minimum absolute atomic E-state index is 0.0957. The maximum atomic E-state index is 11.7. The van der Waals surface area contributed by atoms with Crippen LogP contribution in [0.15, 0.2) is 37.9 Å². The Morgan fingerprint density at radius 2 is 1.82 bits per heavy atom. The Balaban J connectivity index is 2.23. The minimum atomic E-state index is -1.06. The highest BCUT2D eigenvalue weighted by Gasteiger charge is 2.18. The molecule has 6 nitrogen and oxygen atoms in total. The van der Waals surface area contributed by atoms with Crippen LogP contribution in [0.1, 0.15) is 21.5 Å². The molecule has 6 heteroatoms. The zero-order valence-corrected chi connectivity index (χ0v) is 11.8. The van der Waals surface area contributed by atoms with Crippen LogP contribution in [0.25, 0.3) is 22.5 Å². The number of aromatic carboxylic acids is 1. The van der Waals surface area contributed by atoms with E-state index in [2.05, 4.69) is 0 Å². The Morgan fingerprint density at radius 1 is 1.09 bits per heavy atom. The van der Waals surface area contributed by atoms with Gasteiger partial charge in [0, 0.05) is 10.9 Å². The standard InChI is InChI=1S/C16H12O6/c1-7-13(17)8(2)16(20)22-14(7)12-5-9-3-4-10(15(18)19)6-11(9)21-12/h3-6,17H,1-2H3,(H,18,19). The largest absolute Gasteiger partial charge is 0.507 e. The second-order valence-electron chi connectivity index (χ2n) is 4.99. The van der Waals surface area contributed by atoms with Crippen molar-refractivity contribution in [2.45, 2.75) is 13.8 Å². The van der Waals surface area contributed by atoms with Gasteiger partial charge in [-0.1, -0.05) is 6.07 Å². The third-order valence-electron chi connectivity index (χ3n) is 3.54. The van der Waals surface area contributed by atoms with Crippen LogP contribution in [0.3, 0.4) is 0 Å². The molecule has 0 aliphatic carbocycles. The van der Waals surface area contributed by atoms with Crippen molar-refractivity contribution in [3.63, 3.8) is 0 Å². The number of carbonyl (C=O) groups is 1. The summed E-state index contributed by atoms with van der Waals surface area (Å²) in [6.45, 7) is 3.08. The molecule has 0 aliphatic heterocycles. The van der Waals surface area contributed by atoms with Gasteiger partial charge in [0.2, 0.25) is 0 Å². The molecular formula is C16H12O6. The normalized spacial score (nSPS) is 11.0. The lowest BCUT2D eigenvalue weighted by molar-refractivity contribution is 0.0697. The fraction of sp³-hybridized carbons (Fsp3) is 0.125. The van der Waals surface area contributed by atoms with Crippen molar-refractivity contribution in [3.05, 3.63) is 51.4 Å². The molecule has 0 saturated heterocycles. The van der Waals surface area contributed by atoms with E-state index in [1.54, 1.807) is 19.1 Å². The highest BCUT2D eigenvalue weighted by atomic mass is 16.4. The summed E-state index contributed by atoms with van der Waals surface area (Å²) in [6.07, 6.45) is 0. The van der Waals surface area contributed by atoms with Gasteiger partial charge in [-0.25, -0.2) is 9.59 Å². The molecule has 22 heavy (non-hydrogen) atoms. The van der Waals surface area contributed by atoms with E-state index in [4.69, 9.17) is 13.9 Å². The summed E-state index contributed by atoms with van der Waals surface area (Å²) >= 11 is 0. The first-order valence-corrected chi connectivity index (χ1v) is 6.49. The van der Waals surface area contributed by atoms with Gasteiger partial charge in [0.15, 0.2) is 11.5 Å². The smallest absolute Gasteiger partial charge is 0.343 e. The summed E-state index contributed by atoms with van der Waals surface area (Å²) in [7, 11) is 0. The van der Waals surface area contributed by atoms with Crippen LogP contribution in [-0.4, -0.2) is 16.2 Å². The molecule has 2 heterocycles. The Hall–Kier alpha value is -3.02. The molecule has 3 rings (SSSR count). The molecule has 0 amide bonds. The first kappa shape index (κ1) is 13.9. The number of furan rings is 1. The molecule has 1 aromatic carbocycles. The molecule has 0 spiro atoms. The van der Waals surface area contributed by atoms with Crippen LogP contribution < -0.4 is 5.63 Å². The van der Waals surface area contributed by atoms with Gasteiger partial charge < -0.3 is 19.0 Å². The minimum Gasteiger partial charge on any atom is -0.507 e. The van der Waals surface area contributed by atoms with E-state index >= 15 is 0 Å². The molecule has 0 saturated carbocycles. The number of benzene rings is 1. The molecule has 3 aromatic rings. The first-order chi connectivity index (χ1) is 10.4. The van der Waals surface area contributed by atoms with Gasteiger partial charge >= 0.3 is 11.6 Å². The number of fused-ring (bicyclic) bond motifs is 1. The van der Waals surface area contributed by atoms with Crippen molar-refractivity contribution >= 4 is 16.9 Å². The van der Waals surface area contributed by atoms with E-state index in [0.717, 1.165) is 0 Å². The second kappa shape index (κ2) is 4.77. The monoisotopic (exact) mass is 300 g/mol. The summed E-state index contributed by atoms with van der Waals surface area (Å²) in [4.78, 5) is 22.7. The summed E-state index contributed by atoms with van der Waals surface area (Å²) in [6, 6.07) is 6.08. The van der Waals surface area contributed by atoms with Crippen molar-refractivity contribution in [2.75, 3.05) is 0 Å². The van der Waals surface area contributed by atoms with Gasteiger partial charge in [-0.2, -0.15) is 0 Å². The van der Waals surface area contributed by atoms with Crippen LogP contribution >= 0.6 is 0 Å². The van der Waals surface area contributed by atoms with Gasteiger partial charge in [-0.3, -0.25) is 0 Å². The Kier molecular flexibility index (Phi) is 3.02. The topological polar surface area (TPSA) is 101 Å². The number of rotatable bonds is 2. The second-order valence-corrected chi connectivity index (χ2v) is 4.99. The van der Waals surface area contributed by atoms with Crippen LogP contribution in [0.4, 0.5) is 0 Å². The van der Waals surface area contributed by atoms with E-state index in [1.165, 1.54) is 19.1 Å². The Labute approximate surface area is 124 Å². The van der Waals surface area contributed by atoms with Gasteiger partial charge in [-0.15, -0.1) is 0 Å². The predicted molar refractivity (Wildman–Crippen MR) is 78.3 cm³/mol. The number of carboxylic acids is 1. The Bertz CT molecular complexity index is 961. The number of hydrogen-bond acceptors (Lipinski definition) is 5. The molecule has 2 aromatic heterocycles. The van der Waals surface area contributed by atoms with Gasteiger partial charge in [-0.05, 0) is 32.0 Å². The van der Waals surface area contributed by atoms with Crippen LogP contribution in [0.5, 0.6) is 5.75 Å². The molecule has 112 valence electrons. The summed E-state index contributed by atoms with van der Waals surface area (Å²) in [5.74, 6) is -0.822. The molecule has 0 atom stereocenters. The number of aromatic hydroxyl groups is 1. The van der Waals surface area contributed by atoms with Gasteiger partial charge in [0.25, 0.3) is 0 Å². The number of hydrogen-bond donors (Lipinski definition) is 2. The highest BCUT2D eigenvalue weighted by molar-refractivity contribution is 5.93. The fourth-order valence-electron chi connectivity index (χ4n) is 2.24. The van der Waals surface area contributed by atoms with Crippen molar-refractivity contribution in [2.24, 2.45) is 0 Å². The first-order valence-electron chi connectivity index (χ1n) is 6.49. The molecular weight excluding hydrogens is 288 g/mol. The molecule has 2 N–H and O–H groups in total. The third kappa shape index (κ3) is 2.05. The van der Waals surface area contributed by atoms with Crippen molar-refractivity contribution in [3.8, 4) is 17.3 Å².